The van der Waals surface area contributed by atoms with Crippen molar-refractivity contribution in [3.05, 3.63) is 63.8 Å². The number of nitrogens with zero attached hydrogens (tertiary/aromatic N) is 1. The lowest BCUT2D eigenvalue weighted by atomic mass is 10.1. The van der Waals surface area contributed by atoms with Crippen LogP contribution in [-0.2, 0) is 7.05 Å². The van der Waals surface area contributed by atoms with E-state index in [0.29, 0.717) is 16.9 Å². The summed E-state index contributed by atoms with van der Waals surface area (Å²) in [6.07, 6.45) is 0. The fourth-order valence-corrected chi connectivity index (χ4v) is 3.71. The minimum atomic E-state index is -0.234. The fourth-order valence-electron chi connectivity index (χ4n) is 2.93. The maximum absolute atomic E-state index is 12.9. The number of anilines is 1. The highest BCUT2D eigenvalue weighted by Gasteiger charge is 2.20. The number of carbonyl (C=O) groups is 2. The number of rotatable bonds is 3. The zero-order valence-corrected chi connectivity index (χ0v) is 15.8. The van der Waals surface area contributed by atoms with E-state index in [1.807, 2.05) is 42.8 Å². The molecule has 6 heteroatoms. The highest BCUT2D eigenvalue weighted by Crippen LogP contribution is 2.31. The number of para-hydroxylation sites is 1. The van der Waals surface area contributed by atoms with Gasteiger partial charge in [0.1, 0.15) is 5.69 Å². The fraction of sp³-hybridized carbons (Fsp3) is 0.158. The Bertz CT molecular complexity index is 953. The Hall–Kier alpha value is -2.60. The highest BCUT2D eigenvalue weighted by atomic mass is 79.9. The molecule has 0 bridgehead atoms. The van der Waals surface area contributed by atoms with Crippen molar-refractivity contribution in [1.29, 1.82) is 0 Å². The first-order valence-electron chi connectivity index (χ1n) is 7.81. The van der Waals surface area contributed by atoms with Crippen molar-refractivity contribution in [2.45, 2.75) is 6.92 Å². The molecule has 3 rings (SSSR count). The molecule has 0 fully saturated rings. The molecule has 0 aliphatic carbocycles. The molecule has 0 unspecified atom stereocenters. The van der Waals surface area contributed by atoms with Crippen molar-refractivity contribution < 1.29 is 9.59 Å². The van der Waals surface area contributed by atoms with Crippen molar-refractivity contribution >= 4 is 44.3 Å². The molecule has 2 N–H and O–H groups in total. The van der Waals surface area contributed by atoms with Crippen LogP contribution in [-0.4, -0.2) is 23.4 Å². The van der Waals surface area contributed by atoms with E-state index in [9.17, 15) is 9.59 Å². The van der Waals surface area contributed by atoms with Gasteiger partial charge in [-0.1, -0.05) is 24.3 Å². The first-order valence-corrected chi connectivity index (χ1v) is 8.61. The molecule has 1 aromatic heterocycles. The zero-order valence-electron chi connectivity index (χ0n) is 14.2. The number of fused-ring (bicyclic) bond motifs is 1. The maximum atomic E-state index is 12.9. The largest absolute Gasteiger partial charge is 0.355 e. The third-order valence-electron chi connectivity index (χ3n) is 4.31. The van der Waals surface area contributed by atoms with E-state index < -0.39 is 0 Å². The molecule has 0 saturated carbocycles. The van der Waals surface area contributed by atoms with Crippen LogP contribution in [0.2, 0.25) is 0 Å². The predicted molar refractivity (Wildman–Crippen MR) is 103 cm³/mol. The number of aryl methyl sites for hydroxylation is 1. The van der Waals surface area contributed by atoms with Gasteiger partial charge in [0.25, 0.3) is 11.8 Å². The molecule has 3 aromatic rings. The average Bonchev–Trinajstić information content (AvgIpc) is 2.87. The molecule has 0 aliphatic rings. The summed E-state index contributed by atoms with van der Waals surface area (Å²) in [4.78, 5) is 24.8. The van der Waals surface area contributed by atoms with Gasteiger partial charge in [-0.25, -0.2) is 0 Å². The van der Waals surface area contributed by atoms with Crippen LogP contribution in [0.15, 0.2) is 46.9 Å². The quantitative estimate of drug-likeness (QED) is 0.702. The molecule has 1 heterocycles. The van der Waals surface area contributed by atoms with Gasteiger partial charge in [0, 0.05) is 36.2 Å². The molecule has 2 aromatic carbocycles. The standard InChI is InChI=1S/C19H18BrN3O2/c1-11-12(18(24)21-2)8-6-9-14(11)22-19(25)17-16(20)13-7-4-5-10-15(13)23(17)3/h4-10H,1-3H3,(H,21,24)(H,22,25). The third-order valence-corrected chi connectivity index (χ3v) is 5.12. The van der Waals surface area contributed by atoms with Gasteiger partial charge in [-0.15, -0.1) is 0 Å². The van der Waals surface area contributed by atoms with Crippen LogP contribution in [0.5, 0.6) is 0 Å². The van der Waals surface area contributed by atoms with Gasteiger partial charge in [-0.2, -0.15) is 0 Å². The second-order valence-electron chi connectivity index (χ2n) is 5.75. The van der Waals surface area contributed by atoms with Crippen LogP contribution in [0.3, 0.4) is 0 Å². The van der Waals surface area contributed by atoms with Crippen LogP contribution in [0, 0.1) is 6.92 Å². The van der Waals surface area contributed by atoms with Crippen molar-refractivity contribution in [3.63, 3.8) is 0 Å². The molecule has 0 spiro atoms. The molecule has 0 radical (unpaired) electrons. The lowest BCUT2D eigenvalue weighted by molar-refractivity contribution is 0.0960. The number of aromatic nitrogens is 1. The highest BCUT2D eigenvalue weighted by molar-refractivity contribution is 9.10. The molecule has 0 atom stereocenters. The van der Waals surface area contributed by atoms with Gasteiger partial charge >= 0.3 is 0 Å². The van der Waals surface area contributed by atoms with E-state index in [2.05, 4.69) is 26.6 Å². The van der Waals surface area contributed by atoms with Crippen molar-refractivity contribution in [2.75, 3.05) is 12.4 Å². The average molecular weight is 400 g/mol. The Kier molecular flexibility index (Phi) is 4.63. The van der Waals surface area contributed by atoms with Crippen LogP contribution in [0.1, 0.15) is 26.4 Å². The van der Waals surface area contributed by atoms with E-state index in [4.69, 9.17) is 0 Å². The van der Waals surface area contributed by atoms with E-state index in [0.717, 1.165) is 20.9 Å². The Morgan fingerprint density at radius 3 is 2.44 bits per heavy atom. The minimum Gasteiger partial charge on any atom is -0.355 e. The third kappa shape index (κ3) is 2.93. The molecular formula is C19H18BrN3O2. The number of carbonyl (C=O) groups excluding carboxylic acids is 2. The van der Waals surface area contributed by atoms with Crippen molar-refractivity contribution in [2.24, 2.45) is 7.05 Å². The Labute approximate surface area is 154 Å². The molecule has 128 valence electrons. The second kappa shape index (κ2) is 6.72. The number of hydrogen-bond donors (Lipinski definition) is 2. The number of benzene rings is 2. The van der Waals surface area contributed by atoms with E-state index in [1.54, 1.807) is 25.2 Å². The van der Waals surface area contributed by atoms with Crippen LogP contribution < -0.4 is 10.6 Å². The molecule has 25 heavy (non-hydrogen) atoms. The number of hydrogen-bond acceptors (Lipinski definition) is 2. The smallest absolute Gasteiger partial charge is 0.273 e. The van der Waals surface area contributed by atoms with Crippen LogP contribution >= 0.6 is 15.9 Å². The summed E-state index contributed by atoms with van der Waals surface area (Å²) in [7, 11) is 3.44. The summed E-state index contributed by atoms with van der Waals surface area (Å²) >= 11 is 3.54. The summed E-state index contributed by atoms with van der Waals surface area (Å²) in [5, 5.41) is 6.50. The van der Waals surface area contributed by atoms with E-state index in [-0.39, 0.29) is 11.8 Å². The van der Waals surface area contributed by atoms with E-state index >= 15 is 0 Å². The molecule has 0 aliphatic heterocycles. The lowest BCUT2D eigenvalue weighted by Crippen LogP contribution is -2.21. The van der Waals surface area contributed by atoms with Crippen LogP contribution in [0.25, 0.3) is 10.9 Å². The maximum Gasteiger partial charge on any atom is 0.273 e. The second-order valence-corrected chi connectivity index (χ2v) is 6.54. The zero-order chi connectivity index (χ0) is 18.1. The lowest BCUT2D eigenvalue weighted by Gasteiger charge is -2.12. The Morgan fingerprint density at radius 1 is 1.04 bits per heavy atom. The summed E-state index contributed by atoms with van der Waals surface area (Å²) in [6, 6.07) is 13.1. The van der Waals surface area contributed by atoms with Gasteiger partial charge in [0.05, 0.1) is 4.47 Å². The first kappa shape index (κ1) is 17.2. The number of halogens is 1. The molecule has 2 amide bonds. The predicted octanol–water partition coefficient (Wildman–Crippen LogP) is 3.86. The Balaban J connectivity index is 2.01. The van der Waals surface area contributed by atoms with E-state index in [1.165, 1.54) is 0 Å². The van der Waals surface area contributed by atoms with Gasteiger partial charge in [0.15, 0.2) is 0 Å². The molecule has 5 nitrogen and oxygen atoms in total. The van der Waals surface area contributed by atoms with Crippen molar-refractivity contribution in [1.82, 2.24) is 9.88 Å². The van der Waals surface area contributed by atoms with Gasteiger partial charge in [-0.3, -0.25) is 9.59 Å². The van der Waals surface area contributed by atoms with Gasteiger partial charge in [0.2, 0.25) is 0 Å². The SMILES string of the molecule is CNC(=O)c1cccc(NC(=O)c2c(Br)c3ccccc3n2C)c1C. The summed E-state index contributed by atoms with van der Waals surface area (Å²) in [6.45, 7) is 1.82. The monoisotopic (exact) mass is 399 g/mol. The molecule has 0 saturated heterocycles. The molecular weight excluding hydrogens is 382 g/mol. The summed E-state index contributed by atoms with van der Waals surface area (Å²) in [5.74, 6) is -0.415. The van der Waals surface area contributed by atoms with Gasteiger partial charge < -0.3 is 15.2 Å². The Morgan fingerprint density at radius 2 is 1.76 bits per heavy atom. The summed E-state index contributed by atoms with van der Waals surface area (Å²) < 4.78 is 2.61. The first-order chi connectivity index (χ1) is 12.0. The van der Waals surface area contributed by atoms with Gasteiger partial charge in [-0.05, 0) is 46.6 Å². The topological polar surface area (TPSA) is 63.1 Å². The number of amides is 2. The van der Waals surface area contributed by atoms with Crippen molar-refractivity contribution in [3.8, 4) is 0 Å². The van der Waals surface area contributed by atoms with Crippen LogP contribution in [0.4, 0.5) is 5.69 Å². The minimum absolute atomic E-state index is 0.181. The normalized spacial score (nSPS) is 10.7. The summed E-state index contributed by atoms with van der Waals surface area (Å²) in [5.41, 5.74) is 3.38. The number of nitrogens with one attached hydrogen (secondary N) is 2.